The molecule has 0 amide bonds. The second-order valence-corrected chi connectivity index (χ2v) is 13.3. The zero-order chi connectivity index (χ0) is 11.6. The Hall–Kier alpha value is 0.277. The van der Waals surface area contributed by atoms with Crippen molar-refractivity contribution in [3.8, 4) is 0 Å². The smallest absolute Gasteiger partial charge is 0.324 e. The standard InChI is InChI=1S/C5H15O6PSSi/c1-14(2,3)4-11-13(9,10)5-12(6,7)8/h4-5H2,1-3H3,(H2,6,7,8). The van der Waals surface area contributed by atoms with E-state index in [-0.39, 0.29) is 6.23 Å². The molecule has 2 N–H and O–H groups in total. The van der Waals surface area contributed by atoms with Crippen LogP contribution in [0.5, 0.6) is 0 Å². The molecule has 6 nitrogen and oxygen atoms in total. The van der Waals surface area contributed by atoms with Gasteiger partial charge in [-0.1, -0.05) is 19.6 Å². The number of hydrogen-bond acceptors (Lipinski definition) is 4. The predicted molar refractivity (Wildman–Crippen MR) is 55.1 cm³/mol. The Labute approximate surface area is 84.6 Å². The van der Waals surface area contributed by atoms with Gasteiger partial charge in [0.15, 0.2) is 5.49 Å². The summed E-state index contributed by atoms with van der Waals surface area (Å²) in [5.41, 5.74) is -1.25. The lowest BCUT2D eigenvalue weighted by Gasteiger charge is -2.15. The summed E-state index contributed by atoms with van der Waals surface area (Å²) in [5.74, 6) is 0. The van der Waals surface area contributed by atoms with Crippen LogP contribution in [-0.4, -0.2) is 38.0 Å². The van der Waals surface area contributed by atoms with Gasteiger partial charge in [-0.25, -0.2) is 0 Å². The predicted octanol–water partition coefficient (Wildman–Crippen LogP) is 0.345. The summed E-state index contributed by atoms with van der Waals surface area (Å²) in [6.45, 7) is 5.67. The highest BCUT2D eigenvalue weighted by Crippen LogP contribution is 2.36. The first-order valence-electron chi connectivity index (χ1n) is 3.83. The summed E-state index contributed by atoms with van der Waals surface area (Å²) in [5, 5.41) is 0. The second-order valence-electron chi connectivity index (χ2n) is 4.17. The molecule has 0 fully saturated rings. The lowest BCUT2D eigenvalue weighted by atomic mass is 11.7. The van der Waals surface area contributed by atoms with Gasteiger partial charge < -0.3 is 9.79 Å². The van der Waals surface area contributed by atoms with Crippen LogP contribution < -0.4 is 0 Å². The van der Waals surface area contributed by atoms with Crippen molar-refractivity contribution >= 4 is 25.8 Å². The summed E-state index contributed by atoms with van der Waals surface area (Å²) >= 11 is 0. The molecule has 0 atom stereocenters. The summed E-state index contributed by atoms with van der Waals surface area (Å²) in [4.78, 5) is 16.9. The Balaban J connectivity index is 4.32. The molecule has 0 heterocycles. The van der Waals surface area contributed by atoms with Crippen LogP contribution in [0, 0.1) is 0 Å². The molecule has 0 unspecified atom stereocenters. The van der Waals surface area contributed by atoms with Crippen molar-refractivity contribution in [1.82, 2.24) is 0 Å². The van der Waals surface area contributed by atoms with E-state index >= 15 is 0 Å². The lowest BCUT2D eigenvalue weighted by molar-refractivity contribution is 0.358. The Bertz CT molecular complexity index is 325. The van der Waals surface area contributed by atoms with Crippen molar-refractivity contribution < 1.29 is 27.0 Å². The van der Waals surface area contributed by atoms with Gasteiger partial charge in [-0.05, 0) is 0 Å². The van der Waals surface area contributed by atoms with Crippen LogP contribution >= 0.6 is 7.60 Å². The van der Waals surface area contributed by atoms with E-state index in [1.165, 1.54) is 0 Å². The third-order valence-electron chi connectivity index (χ3n) is 0.998. The monoisotopic (exact) mass is 262 g/mol. The van der Waals surface area contributed by atoms with Crippen LogP contribution in [0.2, 0.25) is 19.6 Å². The van der Waals surface area contributed by atoms with Crippen LogP contribution in [0.4, 0.5) is 0 Å². The Morgan fingerprint density at radius 3 is 2.00 bits per heavy atom. The maximum Gasteiger partial charge on any atom is 0.343 e. The fourth-order valence-corrected chi connectivity index (χ4v) is 4.59. The molecule has 0 saturated carbocycles. The van der Waals surface area contributed by atoms with Gasteiger partial charge in [-0.3, -0.25) is 8.75 Å². The molecule has 0 aliphatic rings. The molecule has 0 aromatic carbocycles. The van der Waals surface area contributed by atoms with E-state index in [9.17, 15) is 13.0 Å². The van der Waals surface area contributed by atoms with Crippen LogP contribution in [0.3, 0.4) is 0 Å². The SMILES string of the molecule is C[Si](C)(C)COS(=O)(=O)CP(=O)(O)O. The average molecular weight is 262 g/mol. The average Bonchev–Trinajstić information content (AvgIpc) is 1.76. The minimum absolute atomic E-state index is 0.0370. The molecule has 0 radical (unpaired) electrons. The van der Waals surface area contributed by atoms with Gasteiger partial charge in [0.05, 0.1) is 14.3 Å². The van der Waals surface area contributed by atoms with Crippen LogP contribution in [-0.2, 0) is 18.9 Å². The maximum atomic E-state index is 11.0. The highest BCUT2D eigenvalue weighted by molar-refractivity contribution is 7.93. The van der Waals surface area contributed by atoms with Gasteiger partial charge in [0.2, 0.25) is 0 Å². The fourth-order valence-electron chi connectivity index (χ4n) is 0.510. The minimum Gasteiger partial charge on any atom is -0.324 e. The van der Waals surface area contributed by atoms with Crippen LogP contribution in [0.1, 0.15) is 0 Å². The first kappa shape index (κ1) is 14.3. The van der Waals surface area contributed by atoms with Crippen LogP contribution in [0.15, 0.2) is 0 Å². The highest BCUT2D eigenvalue weighted by Gasteiger charge is 2.27. The molecule has 0 aromatic heterocycles. The normalized spacial score (nSPS) is 14.4. The molecule has 86 valence electrons. The molecule has 0 spiro atoms. The van der Waals surface area contributed by atoms with Crippen molar-refractivity contribution in [1.29, 1.82) is 0 Å². The van der Waals surface area contributed by atoms with Crippen LogP contribution in [0.25, 0.3) is 0 Å². The van der Waals surface area contributed by atoms with E-state index in [1.807, 2.05) is 19.6 Å². The third kappa shape index (κ3) is 8.86. The van der Waals surface area contributed by atoms with E-state index in [0.717, 1.165) is 0 Å². The van der Waals surface area contributed by atoms with Crippen molar-refractivity contribution in [2.24, 2.45) is 0 Å². The Morgan fingerprint density at radius 1 is 1.29 bits per heavy atom. The topological polar surface area (TPSA) is 101 Å². The molecule has 0 aliphatic carbocycles. The number of rotatable bonds is 5. The second kappa shape index (κ2) is 4.42. The molecule has 0 bridgehead atoms. The van der Waals surface area contributed by atoms with E-state index in [1.54, 1.807) is 0 Å². The fraction of sp³-hybridized carbons (Fsp3) is 1.00. The van der Waals surface area contributed by atoms with Gasteiger partial charge >= 0.3 is 7.60 Å². The summed E-state index contributed by atoms with van der Waals surface area (Å²) in [7, 11) is -10.4. The van der Waals surface area contributed by atoms with E-state index in [2.05, 4.69) is 4.18 Å². The van der Waals surface area contributed by atoms with E-state index < -0.39 is 31.3 Å². The Kier molecular flexibility index (Phi) is 4.51. The van der Waals surface area contributed by atoms with Crippen molar-refractivity contribution in [3.05, 3.63) is 0 Å². The molecule has 0 rings (SSSR count). The first-order chi connectivity index (χ1) is 5.91. The summed E-state index contributed by atoms with van der Waals surface area (Å²) in [6, 6.07) is 0. The Morgan fingerprint density at radius 2 is 1.71 bits per heavy atom. The molecule has 0 saturated heterocycles. The van der Waals surface area contributed by atoms with Gasteiger partial charge in [0.25, 0.3) is 10.1 Å². The zero-order valence-corrected chi connectivity index (χ0v) is 11.0. The van der Waals surface area contributed by atoms with Gasteiger partial charge in [0, 0.05) is 0 Å². The molecule has 14 heavy (non-hydrogen) atoms. The minimum atomic E-state index is -4.57. The number of hydrogen-bond donors (Lipinski definition) is 2. The first-order valence-corrected chi connectivity index (χ1v) is 10.9. The molecule has 0 aliphatic heterocycles. The van der Waals surface area contributed by atoms with Crippen molar-refractivity contribution in [2.45, 2.75) is 19.6 Å². The molecular weight excluding hydrogens is 247 g/mol. The third-order valence-corrected chi connectivity index (χ3v) is 5.30. The van der Waals surface area contributed by atoms with Gasteiger partial charge in [-0.15, -0.1) is 0 Å². The molecule has 0 aromatic rings. The van der Waals surface area contributed by atoms with Gasteiger partial charge in [-0.2, -0.15) is 8.42 Å². The van der Waals surface area contributed by atoms with Crippen molar-refractivity contribution in [3.63, 3.8) is 0 Å². The lowest BCUT2D eigenvalue weighted by Crippen LogP contribution is -2.30. The summed E-state index contributed by atoms with van der Waals surface area (Å²) < 4.78 is 36.9. The van der Waals surface area contributed by atoms with Gasteiger partial charge in [0.1, 0.15) is 0 Å². The maximum absolute atomic E-state index is 11.0. The van der Waals surface area contributed by atoms with E-state index in [0.29, 0.717) is 0 Å². The van der Waals surface area contributed by atoms with Crippen molar-refractivity contribution in [2.75, 3.05) is 11.7 Å². The largest absolute Gasteiger partial charge is 0.343 e. The van der Waals surface area contributed by atoms with E-state index in [4.69, 9.17) is 9.79 Å². The molecular formula is C5H15O6PSSi. The molecule has 9 heteroatoms. The quantitative estimate of drug-likeness (QED) is 0.421. The summed E-state index contributed by atoms with van der Waals surface area (Å²) in [6.07, 6.45) is 0.0370. The highest BCUT2D eigenvalue weighted by atomic mass is 32.2. The zero-order valence-electron chi connectivity index (χ0n) is 8.30.